The van der Waals surface area contributed by atoms with Crippen LogP contribution in [0.5, 0.6) is 0 Å². The van der Waals surface area contributed by atoms with E-state index in [1.807, 2.05) is 17.0 Å². The number of amides is 1. The lowest BCUT2D eigenvalue weighted by atomic mass is 10.0. The van der Waals surface area contributed by atoms with E-state index in [0.29, 0.717) is 50.2 Å². The lowest BCUT2D eigenvalue weighted by Crippen LogP contribution is -2.47. The number of aromatic nitrogens is 2. The van der Waals surface area contributed by atoms with Crippen molar-refractivity contribution in [2.75, 3.05) is 26.3 Å². The van der Waals surface area contributed by atoms with E-state index in [2.05, 4.69) is 10.2 Å². The molecule has 1 aromatic carbocycles. The lowest BCUT2D eigenvalue weighted by Gasteiger charge is -2.37. The number of ether oxygens (including phenoxy) is 2. The Kier molecular flexibility index (Phi) is 3.82. The SMILES string of the molecule is O=C(Cc1n[nH]c(=O)c2ccccc12)N1CCC2(CC1)OCCO2. The fourth-order valence-corrected chi connectivity index (χ4v) is 3.44. The number of nitrogens with zero attached hydrogens (tertiary/aromatic N) is 2. The molecule has 2 aliphatic heterocycles. The first-order chi connectivity index (χ1) is 11.7. The second-order valence-electron chi connectivity index (χ2n) is 6.21. The van der Waals surface area contributed by atoms with Crippen molar-refractivity contribution in [2.45, 2.75) is 25.0 Å². The van der Waals surface area contributed by atoms with Gasteiger partial charge in [-0.3, -0.25) is 9.59 Å². The number of aromatic amines is 1. The number of rotatable bonds is 2. The van der Waals surface area contributed by atoms with Crippen molar-refractivity contribution in [3.8, 4) is 0 Å². The molecule has 1 amide bonds. The van der Waals surface area contributed by atoms with E-state index in [1.54, 1.807) is 12.1 Å². The normalized spacial score (nSPS) is 19.9. The van der Waals surface area contributed by atoms with Crippen LogP contribution in [0, 0.1) is 0 Å². The van der Waals surface area contributed by atoms with Crippen LogP contribution in [0.4, 0.5) is 0 Å². The molecule has 126 valence electrons. The molecular formula is C17H19N3O4. The molecule has 4 rings (SSSR count). The molecule has 3 heterocycles. The van der Waals surface area contributed by atoms with Gasteiger partial charge in [0.25, 0.3) is 5.56 Å². The third-order valence-corrected chi connectivity index (χ3v) is 4.79. The van der Waals surface area contributed by atoms with Crippen LogP contribution < -0.4 is 5.56 Å². The van der Waals surface area contributed by atoms with Gasteiger partial charge in [-0.2, -0.15) is 5.10 Å². The van der Waals surface area contributed by atoms with Crippen molar-refractivity contribution >= 4 is 16.7 Å². The Morgan fingerprint density at radius 3 is 2.54 bits per heavy atom. The van der Waals surface area contributed by atoms with Gasteiger partial charge in [-0.25, -0.2) is 5.10 Å². The predicted octanol–water partition coefficient (Wildman–Crippen LogP) is 0.831. The summed E-state index contributed by atoms with van der Waals surface area (Å²) in [6.07, 6.45) is 1.56. The summed E-state index contributed by atoms with van der Waals surface area (Å²) in [7, 11) is 0. The van der Waals surface area contributed by atoms with Crippen LogP contribution in [0.2, 0.25) is 0 Å². The molecule has 24 heavy (non-hydrogen) atoms. The molecule has 7 heteroatoms. The first-order valence-electron chi connectivity index (χ1n) is 8.19. The molecule has 0 radical (unpaired) electrons. The molecule has 7 nitrogen and oxygen atoms in total. The number of carbonyl (C=O) groups excluding carboxylic acids is 1. The zero-order valence-corrected chi connectivity index (χ0v) is 13.3. The molecule has 0 bridgehead atoms. The largest absolute Gasteiger partial charge is 0.347 e. The monoisotopic (exact) mass is 329 g/mol. The van der Waals surface area contributed by atoms with Gasteiger partial charge < -0.3 is 14.4 Å². The van der Waals surface area contributed by atoms with Gasteiger partial charge in [-0.15, -0.1) is 0 Å². The van der Waals surface area contributed by atoms with Gasteiger partial charge in [-0.05, 0) is 6.07 Å². The molecule has 0 unspecified atom stereocenters. The highest BCUT2D eigenvalue weighted by Gasteiger charge is 2.40. The van der Waals surface area contributed by atoms with Crippen LogP contribution in [0.1, 0.15) is 18.5 Å². The van der Waals surface area contributed by atoms with Crippen LogP contribution in [0.15, 0.2) is 29.1 Å². The van der Waals surface area contributed by atoms with Crippen LogP contribution in [-0.4, -0.2) is 53.1 Å². The van der Waals surface area contributed by atoms with E-state index >= 15 is 0 Å². The molecule has 0 aliphatic carbocycles. The Morgan fingerprint density at radius 2 is 1.83 bits per heavy atom. The fourth-order valence-electron chi connectivity index (χ4n) is 3.44. The minimum Gasteiger partial charge on any atom is -0.347 e. The van der Waals surface area contributed by atoms with Crippen molar-refractivity contribution < 1.29 is 14.3 Å². The number of likely N-dealkylation sites (tertiary alicyclic amines) is 1. The van der Waals surface area contributed by atoms with E-state index in [1.165, 1.54) is 0 Å². The molecule has 1 spiro atoms. The highest BCUT2D eigenvalue weighted by molar-refractivity contribution is 5.88. The standard InChI is InChI=1S/C17H19N3O4/c21-15(20-7-5-17(6-8-20)23-9-10-24-17)11-14-12-3-1-2-4-13(12)16(22)19-18-14/h1-4H,5-11H2,(H,19,22). The number of benzene rings is 1. The molecule has 2 aliphatic rings. The first kappa shape index (κ1) is 15.3. The van der Waals surface area contributed by atoms with Crippen LogP contribution in [-0.2, 0) is 20.7 Å². The van der Waals surface area contributed by atoms with E-state index in [0.717, 1.165) is 5.39 Å². The summed E-state index contributed by atoms with van der Waals surface area (Å²) in [6, 6.07) is 7.21. The van der Waals surface area contributed by atoms with Crippen LogP contribution in [0.25, 0.3) is 10.8 Å². The highest BCUT2D eigenvalue weighted by atomic mass is 16.7. The number of fused-ring (bicyclic) bond motifs is 1. The van der Waals surface area contributed by atoms with Crippen molar-refractivity contribution in [3.05, 3.63) is 40.3 Å². The van der Waals surface area contributed by atoms with Crippen LogP contribution >= 0.6 is 0 Å². The number of hydrogen-bond acceptors (Lipinski definition) is 5. The van der Waals surface area contributed by atoms with Gasteiger partial charge in [0, 0.05) is 31.3 Å². The predicted molar refractivity (Wildman–Crippen MR) is 86.5 cm³/mol. The van der Waals surface area contributed by atoms with Gasteiger partial charge in [-0.1, -0.05) is 18.2 Å². The minimum absolute atomic E-state index is 0.00699. The third kappa shape index (κ3) is 2.70. The smallest absolute Gasteiger partial charge is 0.272 e. The summed E-state index contributed by atoms with van der Waals surface area (Å²) in [4.78, 5) is 26.2. The maximum absolute atomic E-state index is 12.6. The summed E-state index contributed by atoms with van der Waals surface area (Å²) in [6.45, 7) is 2.47. The first-order valence-corrected chi connectivity index (χ1v) is 8.19. The Hall–Kier alpha value is -2.25. The quantitative estimate of drug-likeness (QED) is 0.882. The minimum atomic E-state index is -0.486. The summed E-state index contributed by atoms with van der Waals surface area (Å²) in [5.41, 5.74) is 0.362. The maximum Gasteiger partial charge on any atom is 0.272 e. The zero-order valence-electron chi connectivity index (χ0n) is 13.3. The van der Waals surface area contributed by atoms with Crippen molar-refractivity contribution in [3.63, 3.8) is 0 Å². The number of hydrogen-bond donors (Lipinski definition) is 1. The van der Waals surface area contributed by atoms with E-state index in [9.17, 15) is 9.59 Å². The summed E-state index contributed by atoms with van der Waals surface area (Å²) in [5, 5.41) is 7.84. The second-order valence-corrected chi connectivity index (χ2v) is 6.21. The molecule has 0 saturated carbocycles. The highest BCUT2D eigenvalue weighted by Crippen LogP contribution is 2.31. The number of nitrogens with one attached hydrogen (secondary N) is 1. The van der Waals surface area contributed by atoms with Crippen molar-refractivity contribution in [1.29, 1.82) is 0 Å². The summed E-state index contributed by atoms with van der Waals surface area (Å²) >= 11 is 0. The topological polar surface area (TPSA) is 84.5 Å². The maximum atomic E-state index is 12.6. The van der Waals surface area contributed by atoms with Crippen molar-refractivity contribution in [2.24, 2.45) is 0 Å². The van der Waals surface area contributed by atoms with E-state index in [-0.39, 0.29) is 17.9 Å². The van der Waals surface area contributed by atoms with Gasteiger partial charge in [0.1, 0.15) is 0 Å². The second kappa shape index (κ2) is 5.99. The molecule has 2 saturated heterocycles. The van der Waals surface area contributed by atoms with E-state index in [4.69, 9.17) is 9.47 Å². The molecule has 2 aromatic rings. The number of carbonyl (C=O) groups is 1. The summed E-state index contributed by atoms with van der Waals surface area (Å²) in [5.74, 6) is -0.479. The molecule has 1 N–H and O–H groups in total. The Labute approximate surface area is 138 Å². The Balaban J connectivity index is 1.49. The average molecular weight is 329 g/mol. The van der Waals surface area contributed by atoms with E-state index < -0.39 is 5.79 Å². The molecule has 0 atom stereocenters. The summed E-state index contributed by atoms with van der Waals surface area (Å²) < 4.78 is 11.4. The third-order valence-electron chi connectivity index (χ3n) is 4.79. The number of H-pyrrole nitrogens is 1. The molecule has 1 aromatic heterocycles. The van der Waals surface area contributed by atoms with Crippen molar-refractivity contribution in [1.82, 2.24) is 15.1 Å². The van der Waals surface area contributed by atoms with Gasteiger partial charge >= 0.3 is 0 Å². The molecule has 2 fully saturated rings. The van der Waals surface area contributed by atoms with Crippen LogP contribution in [0.3, 0.4) is 0 Å². The Morgan fingerprint density at radius 1 is 1.17 bits per heavy atom. The number of piperidine rings is 1. The van der Waals surface area contributed by atoms with Gasteiger partial charge in [0.05, 0.1) is 30.7 Å². The fraction of sp³-hybridized carbons (Fsp3) is 0.471. The molecular weight excluding hydrogens is 310 g/mol. The zero-order chi connectivity index (χ0) is 16.6. The average Bonchev–Trinajstić information content (AvgIpc) is 3.06. The Bertz CT molecular complexity index is 816. The van der Waals surface area contributed by atoms with Gasteiger partial charge in [0.2, 0.25) is 5.91 Å². The van der Waals surface area contributed by atoms with Gasteiger partial charge in [0.15, 0.2) is 5.79 Å². The lowest BCUT2D eigenvalue weighted by molar-refractivity contribution is -0.187.